The van der Waals surface area contributed by atoms with Crippen LogP contribution in [0.5, 0.6) is 5.75 Å². The van der Waals surface area contributed by atoms with Crippen LogP contribution in [0, 0.1) is 5.92 Å². The quantitative estimate of drug-likeness (QED) is 0.594. The van der Waals surface area contributed by atoms with Crippen LogP contribution in [-0.4, -0.2) is 33.9 Å². The summed E-state index contributed by atoms with van der Waals surface area (Å²) in [6, 6.07) is 6.47. The second-order valence-electron chi connectivity index (χ2n) is 4.14. The molecule has 0 saturated heterocycles. The number of ether oxygens (including phenoxy) is 2. The van der Waals surface area contributed by atoms with Gasteiger partial charge in [0.25, 0.3) is 0 Å². The summed E-state index contributed by atoms with van der Waals surface area (Å²) < 4.78 is 31.8. The summed E-state index contributed by atoms with van der Waals surface area (Å²) in [5, 5.41) is 0. The van der Waals surface area contributed by atoms with Gasteiger partial charge in [0.2, 0.25) is 9.05 Å². The number of esters is 1. The monoisotopic (exact) mass is 306 g/mol. The summed E-state index contributed by atoms with van der Waals surface area (Å²) in [5.41, 5.74) is 0.373. The average molecular weight is 307 g/mol. The van der Waals surface area contributed by atoms with Gasteiger partial charge in [-0.05, 0) is 18.2 Å². The molecular formula is C12H15ClO5S. The number of methoxy groups -OCH3 is 1. The van der Waals surface area contributed by atoms with Gasteiger partial charge in [0.05, 0.1) is 25.0 Å². The first-order chi connectivity index (χ1) is 8.81. The van der Waals surface area contributed by atoms with E-state index in [4.69, 9.17) is 15.4 Å². The Morgan fingerprint density at radius 1 is 1.42 bits per heavy atom. The Balaban J connectivity index is 2.61. The molecule has 19 heavy (non-hydrogen) atoms. The Labute approximate surface area is 116 Å². The fourth-order valence-electron chi connectivity index (χ4n) is 1.46. The van der Waals surface area contributed by atoms with Crippen LogP contribution < -0.4 is 4.74 Å². The number of benzene rings is 1. The molecule has 1 atom stereocenters. The van der Waals surface area contributed by atoms with Crippen molar-refractivity contribution >= 4 is 25.7 Å². The van der Waals surface area contributed by atoms with Crippen molar-refractivity contribution in [2.24, 2.45) is 5.92 Å². The first-order valence-corrected chi connectivity index (χ1v) is 8.03. The number of carbonyl (C=O) groups excluding carboxylic acids is 1. The summed E-state index contributed by atoms with van der Waals surface area (Å²) in [4.78, 5) is 11.3. The molecule has 1 unspecified atom stereocenters. The number of carbonyl (C=O) groups is 1. The normalized spacial score (nSPS) is 12.8. The third-order valence-corrected chi connectivity index (χ3v) is 3.62. The van der Waals surface area contributed by atoms with Gasteiger partial charge in [0.15, 0.2) is 0 Å². The minimum absolute atomic E-state index is 0.161. The largest absolute Gasteiger partial charge is 0.493 e. The predicted octanol–water partition coefficient (Wildman–Crippen LogP) is 2.06. The van der Waals surface area contributed by atoms with Crippen molar-refractivity contribution < 1.29 is 22.7 Å². The van der Waals surface area contributed by atoms with Crippen LogP contribution in [0.25, 0.3) is 0 Å². The lowest BCUT2D eigenvalue weighted by Crippen LogP contribution is -2.16. The molecule has 0 amide bonds. The van der Waals surface area contributed by atoms with E-state index >= 15 is 0 Å². The predicted molar refractivity (Wildman–Crippen MR) is 72.1 cm³/mol. The van der Waals surface area contributed by atoms with Crippen LogP contribution in [0.2, 0.25) is 0 Å². The van der Waals surface area contributed by atoms with Crippen LogP contribution in [0.1, 0.15) is 17.3 Å². The SMILES string of the molecule is COC(=O)c1cccc(OCC(C)CS(=O)(=O)Cl)c1. The van der Waals surface area contributed by atoms with Gasteiger partial charge in [-0.2, -0.15) is 0 Å². The molecule has 0 bridgehead atoms. The Bertz CT molecular complexity index is 541. The number of halogens is 1. The second kappa shape index (κ2) is 6.77. The van der Waals surface area contributed by atoms with E-state index in [0.29, 0.717) is 11.3 Å². The Kier molecular flexibility index (Phi) is 5.62. The molecule has 1 aromatic rings. The highest BCUT2D eigenvalue weighted by atomic mass is 35.7. The summed E-state index contributed by atoms with van der Waals surface area (Å²) in [5.74, 6) is -0.390. The summed E-state index contributed by atoms with van der Waals surface area (Å²) in [6.45, 7) is 1.90. The Morgan fingerprint density at radius 2 is 2.11 bits per heavy atom. The summed E-state index contributed by atoms with van der Waals surface area (Å²) >= 11 is 0. The van der Waals surface area contributed by atoms with Crippen LogP contribution in [-0.2, 0) is 13.8 Å². The van der Waals surface area contributed by atoms with E-state index in [1.165, 1.54) is 13.2 Å². The van der Waals surface area contributed by atoms with E-state index in [9.17, 15) is 13.2 Å². The maximum absolute atomic E-state index is 11.3. The van der Waals surface area contributed by atoms with E-state index in [2.05, 4.69) is 4.74 Å². The van der Waals surface area contributed by atoms with Gasteiger partial charge in [-0.15, -0.1) is 0 Å². The third kappa shape index (κ3) is 5.94. The maximum atomic E-state index is 11.3. The molecule has 5 nitrogen and oxygen atoms in total. The third-order valence-electron chi connectivity index (χ3n) is 2.27. The van der Waals surface area contributed by atoms with Gasteiger partial charge in [0.1, 0.15) is 5.75 Å². The van der Waals surface area contributed by atoms with E-state index in [1.54, 1.807) is 25.1 Å². The fraction of sp³-hybridized carbons (Fsp3) is 0.417. The van der Waals surface area contributed by atoms with Gasteiger partial charge < -0.3 is 9.47 Å². The maximum Gasteiger partial charge on any atom is 0.337 e. The van der Waals surface area contributed by atoms with Gasteiger partial charge in [-0.1, -0.05) is 13.0 Å². The second-order valence-corrected chi connectivity index (χ2v) is 6.96. The van der Waals surface area contributed by atoms with Crippen molar-refractivity contribution in [1.82, 2.24) is 0 Å². The first kappa shape index (κ1) is 15.8. The smallest absolute Gasteiger partial charge is 0.337 e. The molecule has 106 valence electrons. The summed E-state index contributed by atoms with van der Waals surface area (Å²) in [7, 11) is 2.91. The van der Waals surface area contributed by atoms with E-state index in [-0.39, 0.29) is 18.3 Å². The fourth-order valence-corrected chi connectivity index (χ4v) is 2.88. The first-order valence-electron chi connectivity index (χ1n) is 5.55. The van der Waals surface area contributed by atoms with Gasteiger partial charge in [-0.3, -0.25) is 0 Å². The van der Waals surface area contributed by atoms with Crippen LogP contribution in [0.4, 0.5) is 0 Å². The molecule has 0 aliphatic rings. The Morgan fingerprint density at radius 3 is 2.68 bits per heavy atom. The molecule has 0 aliphatic carbocycles. The van der Waals surface area contributed by atoms with E-state index in [1.807, 2.05) is 0 Å². The topological polar surface area (TPSA) is 69.7 Å². The van der Waals surface area contributed by atoms with Crippen LogP contribution in [0.15, 0.2) is 24.3 Å². The zero-order valence-corrected chi connectivity index (χ0v) is 12.2. The molecule has 0 saturated carbocycles. The molecule has 1 rings (SSSR count). The molecule has 0 aliphatic heterocycles. The van der Waals surface area contributed by atoms with Gasteiger partial charge in [-0.25, -0.2) is 13.2 Å². The average Bonchev–Trinajstić information content (AvgIpc) is 2.34. The molecule has 1 aromatic carbocycles. The number of rotatable bonds is 6. The molecule has 0 aromatic heterocycles. The van der Waals surface area contributed by atoms with Crippen molar-refractivity contribution in [2.75, 3.05) is 19.5 Å². The molecule has 0 radical (unpaired) electrons. The van der Waals surface area contributed by atoms with E-state index < -0.39 is 15.0 Å². The molecular weight excluding hydrogens is 292 g/mol. The van der Waals surface area contributed by atoms with Crippen molar-refractivity contribution in [1.29, 1.82) is 0 Å². The molecule has 0 heterocycles. The molecule has 0 fully saturated rings. The Hall–Kier alpha value is -1.27. The standard InChI is InChI=1S/C12H15ClO5S/c1-9(8-19(13,15)16)7-18-11-5-3-4-10(6-11)12(14)17-2/h3-6,9H,7-8H2,1-2H3. The van der Waals surface area contributed by atoms with Gasteiger partial charge in [0, 0.05) is 16.6 Å². The zero-order chi connectivity index (χ0) is 14.5. The number of hydrogen-bond acceptors (Lipinski definition) is 5. The van der Waals surface area contributed by atoms with E-state index in [0.717, 1.165) is 0 Å². The molecule has 7 heteroatoms. The minimum Gasteiger partial charge on any atom is -0.493 e. The highest BCUT2D eigenvalue weighted by Gasteiger charge is 2.13. The zero-order valence-electron chi connectivity index (χ0n) is 10.6. The van der Waals surface area contributed by atoms with Crippen molar-refractivity contribution in [2.45, 2.75) is 6.92 Å². The van der Waals surface area contributed by atoms with Crippen molar-refractivity contribution in [3.63, 3.8) is 0 Å². The molecule has 0 N–H and O–H groups in total. The number of hydrogen-bond donors (Lipinski definition) is 0. The van der Waals surface area contributed by atoms with Gasteiger partial charge >= 0.3 is 5.97 Å². The minimum atomic E-state index is -3.54. The molecule has 0 spiro atoms. The lowest BCUT2D eigenvalue weighted by molar-refractivity contribution is 0.0600. The van der Waals surface area contributed by atoms with Crippen molar-refractivity contribution in [3.8, 4) is 5.75 Å². The van der Waals surface area contributed by atoms with Crippen LogP contribution >= 0.6 is 10.7 Å². The van der Waals surface area contributed by atoms with Crippen LogP contribution in [0.3, 0.4) is 0 Å². The lowest BCUT2D eigenvalue weighted by Gasteiger charge is -2.12. The lowest BCUT2D eigenvalue weighted by atomic mass is 10.2. The summed E-state index contributed by atoms with van der Waals surface area (Å²) in [6.07, 6.45) is 0. The van der Waals surface area contributed by atoms with Crippen molar-refractivity contribution in [3.05, 3.63) is 29.8 Å². The highest BCUT2D eigenvalue weighted by Crippen LogP contribution is 2.16. The highest BCUT2D eigenvalue weighted by molar-refractivity contribution is 8.13.